The van der Waals surface area contributed by atoms with Gasteiger partial charge in [-0.2, -0.15) is 0 Å². The quantitative estimate of drug-likeness (QED) is 0.921. The molecule has 1 aliphatic heterocycles. The van der Waals surface area contributed by atoms with E-state index < -0.39 is 0 Å². The third kappa shape index (κ3) is 3.34. The zero-order chi connectivity index (χ0) is 14.7. The van der Waals surface area contributed by atoms with E-state index in [1.165, 1.54) is 22.3 Å². The normalized spacial score (nSPS) is 19.6. The zero-order valence-electron chi connectivity index (χ0n) is 12.8. The summed E-state index contributed by atoms with van der Waals surface area (Å²) in [5.74, 6) is 0. The van der Waals surface area contributed by atoms with Crippen molar-refractivity contribution in [2.75, 3.05) is 13.2 Å². The van der Waals surface area contributed by atoms with Gasteiger partial charge in [-0.15, -0.1) is 0 Å². The van der Waals surface area contributed by atoms with Crippen molar-refractivity contribution in [3.63, 3.8) is 0 Å². The van der Waals surface area contributed by atoms with Gasteiger partial charge >= 0.3 is 0 Å². The predicted octanol–water partition coefficient (Wildman–Crippen LogP) is 3.77. The van der Waals surface area contributed by atoms with E-state index in [0.717, 1.165) is 19.6 Å². The van der Waals surface area contributed by atoms with Crippen LogP contribution < -0.4 is 5.32 Å². The van der Waals surface area contributed by atoms with Crippen molar-refractivity contribution in [3.05, 3.63) is 70.8 Å². The zero-order valence-corrected chi connectivity index (χ0v) is 12.8. The molecule has 0 spiro atoms. The monoisotopic (exact) mass is 281 g/mol. The minimum absolute atomic E-state index is 0.234. The molecule has 3 rings (SSSR count). The van der Waals surface area contributed by atoms with Crippen LogP contribution in [0, 0.1) is 13.8 Å². The maximum absolute atomic E-state index is 5.52. The van der Waals surface area contributed by atoms with Crippen LogP contribution in [0.2, 0.25) is 0 Å². The molecule has 2 nitrogen and oxygen atoms in total. The van der Waals surface area contributed by atoms with Gasteiger partial charge in [-0.1, -0.05) is 54.1 Å². The molecule has 1 aliphatic rings. The second-order valence-electron chi connectivity index (χ2n) is 5.93. The number of hydrogen-bond acceptors (Lipinski definition) is 2. The number of ether oxygens (including phenoxy) is 1. The molecule has 1 heterocycles. The standard InChI is InChI=1S/C19H23NO/c1-14-8-9-15(2)18(12-14)19(16-6-4-3-5-7-16)20-17-10-11-21-13-17/h3-9,12,17,19-20H,10-11,13H2,1-2H3. The van der Waals surface area contributed by atoms with E-state index in [0.29, 0.717) is 6.04 Å². The molecular formula is C19H23NO. The van der Waals surface area contributed by atoms with Crippen molar-refractivity contribution in [1.29, 1.82) is 0 Å². The number of nitrogens with one attached hydrogen (secondary N) is 1. The van der Waals surface area contributed by atoms with Crippen molar-refractivity contribution in [3.8, 4) is 0 Å². The first-order valence-electron chi connectivity index (χ1n) is 7.70. The van der Waals surface area contributed by atoms with Crippen molar-refractivity contribution < 1.29 is 4.74 Å². The fraction of sp³-hybridized carbons (Fsp3) is 0.368. The molecule has 0 radical (unpaired) electrons. The molecule has 21 heavy (non-hydrogen) atoms. The molecule has 1 fully saturated rings. The first-order valence-corrected chi connectivity index (χ1v) is 7.70. The number of aryl methyl sites for hydroxylation is 2. The van der Waals surface area contributed by atoms with Gasteiger partial charge in [0.2, 0.25) is 0 Å². The second kappa shape index (κ2) is 6.42. The number of hydrogen-bond donors (Lipinski definition) is 1. The fourth-order valence-electron chi connectivity index (χ4n) is 2.98. The van der Waals surface area contributed by atoms with Crippen LogP contribution in [0.1, 0.15) is 34.7 Å². The van der Waals surface area contributed by atoms with Crippen molar-refractivity contribution in [1.82, 2.24) is 5.32 Å². The van der Waals surface area contributed by atoms with E-state index >= 15 is 0 Å². The Balaban J connectivity index is 1.96. The maximum Gasteiger partial charge on any atom is 0.0620 e. The minimum atomic E-state index is 0.234. The highest BCUT2D eigenvalue weighted by Gasteiger charge is 2.23. The Kier molecular flexibility index (Phi) is 4.37. The lowest BCUT2D eigenvalue weighted by atomic mass is 9.93. The molecule has 0 saturated carbocycles. The lowest BCUT2D eigenvalue weighted by Crippen LogP contribution is -2.34. The van der Waals surface area contributed by atoms with Crippen molar-refractivity contribution in [2.24, 2.45) is 0 Å². The largest absolute Gasteiger partial charge is 0.380 e. The lowest BCUT2D eigenvalue weighted by molar-refractivity contribution is 0.189. The van der Waals surface area contributed by atoms with E-state index in [4.69, 9.17) is 4.74 Å². The maximum atomic E-state index is 5.52. The molecule has 2 unspecified atom stereocenters. The van der Waals surface area contributed by atoms with Gasteiger partial charge in [-0.3, -0.25) is 0 Å². The number of rotatable bonds is 4. The molecule has 2 aromatic rings. The highest BCUT2D eigenvalue weighted by Crippen LogP contribution is 2.27. The van der Waals surface area contributed by atoms with Crippen LogP contribution >= 0.6 is 0 Å². The van der Waals surface area contributed by atoms with Crippen LogP contribution in [-0.4, -0.2) is 19.3 Å². The Labute approximate surface area is 127 Å². The summed E-state index contributed by atoms with van der Waals surface area (Å²) in [4.78, 5) is 0. The SMILES string of the molecule is Cc1ccc(C)c(C(NC2CCOC2)c2ccccc2)c1. The smallest absolute Gasteiger partial charge is 0.0620 e. The average molecular weight is 281 g/mol. The second-order valence-corrected chi connectivity index (χ2v) is 5.93. The third-order valence-corrected chi connectivity index (χ3v) is 4.21. The van der Waals surface area contributed by atoms with E-state index in [1.807, 2.05) is 0 Å². The lowest BCUT2D eigenvalue weighted by Gasteiger charge is -2.25. The first-order chi connectivity index (χ1) is 10.2. The molecule has 2 atom stereocenters. The molecule has 0 amide bonds. The average Bonchev–Trinajstić information content (AvgIpc) is 3.01. The minimum Gasteiger partial charge on any atom is -0.380 e. The Morgan fingerprint density at radius 3 is 2.62 bits per heavy atom. The third-order valence-electron chi connectivity index (χ3n) is 4.21. The van der Waals surface area contributed by atoms with E-state index in [9.17, 15) is 0 Å². The van der Waals surface area contributed by atoms with E-state index in [2.05, 4.69) is 67.7 Å². The van der Waals surface area contributed by atoms with Gasteiger partial charge in [0.15, 0.2) is 0 Å². The van der Waals surface area contributed by atoms with Gasteiger partial charge < -0.3 is 10.1 Å². The van der Waals surface area contributed by atoms with Crippen LogP contribution in [0.5, 0.6) is 0 Å². The van der Waals surface area contributed by atoms with Crippen LogP contribution in [0.15, 0.2) is 48.5 Å². The van der Waals surface area contributed by atoms with Crippen LogP contribution in [-0.2, 0) is 4.74 Å². The topological polar surface area (TPSA) is 21.3 Å². The predicted molar refractivity (Wildman–Crippen MR) is 86.6 cm³/mol. The summed E-state index contributed by atoms with van der Waals surface area (Å²) in [5, 5.41) is 3.79. The molecule has 2 heteroatoms. The van der Waals surface area contributed by atoms with Gasteiger partial charge in [0, 0.05) is 12.6 Å². The highest BCUT2D eigenvalue weighted by molar-refractivity contribution is 5.39. The highest BCUT2D eigenvalue weighted by atomic mass is 16.5. The Morgan fingerprint density at radius 2 is 1.90 bits per heavy atom. The van der Waals surface area contributed by atoms with Gasteiger partial charge in [0.25, 0.3) is 0 Å². The molecule has 1 N–H and O–H groups in total. The Bertz CT molecular complexity index is 588. The van der Waals surface area contributed by atoms with Crippen LogP contribution in [0.4, 0.5) is 0 Å². The van der Waals surface area contributed by atoms with Crippen LogP contribution in [0.3, 0.4) is 0 Å². The summed E-state index contributed by atoms with van der Waals surface area (Å²) >= 11 is 0. The summed E-state index contributed by atoms with van der Waals surface area (Å²) in [6.07, 6.45) is 1.09. The summed E-state index contributed by atoms with van der Waals surface area (Å²) in [6.45, 7) is 6.03. The molecule has 1 saturated heterocycles. The summed E-state index contributed by atoms with van der Waals surface area (Å²) in [5.41, 5.74) is 5.33. The van der Waals surface area contributed by atoms with Gasteiger partial charge in [-0.05, 0) is 37.0 Å². The molecule has 110 valence electrons. The van der Waals surface area contributed by atoms with Gasteiger partial charge in [-0.25, -0.2) is 0 Å². The number of benzene rings is 2. The Hall–Kier alpha value is -1.64. The first kappa shape index (κ1) is 14.3. The molecule has 0 bridgehead atoms. The summed E-state index contributed by atoms with van der Waals surface area (Å²) in [6, 6.07) is 18.1. The van der Waals surface area contributed by atoms with Crippen LogP contribution in [0.25, 0.3) is 0 Å². The molecule has 0 aromatic heterocycles. The van der Waals surface area contributed by atoms with E-state index in [-0.39, 0.29) is 6.04 Å². The van der Waals surface area contributed by atoms with Gasteiger partial charge in [0.1, 0.15) is 0 Å². The van der Waals surface area contributed by atoms with Gasteiger partial charge in [0.05, 0.1) is 12.6 Å². The van der Waals surface area contributed by atoms with E-state index in [1.54, 1.807) is 0 Å². The molecule has 2 aromatic carbocycles. The fourth-order valence-corrected chi connectivity index (χ4v) is 2.98. The molecule has 0 aliphatic carbocycles. The Morgan fingerprint density at radius 1 is 1.10 bits per heavy atom. The van der Waals surface area contributed by atoms with Crippen molar-refractivity contribution in [2.45, 2.75) is 32.4 Å². The summed E-state index contributed by atoms with van der Waals surface area (Å²) < 4.78 is 5.52. The van der Waals surface area contributed by atoms with Crippen molar-refractivity contribution >= 4 is 0 Å². The molecular weight excluding hydrogens is 258 g/mol. The summed E-state index contributed by atoms with van der Waals surface area (Å²) in [7, 11) is 0.